The van der Waals surface area contributed by atoms with E-state index in [9.17, 15) is 8.42 Å². The molecule has 1 aromatic heterocycles. The number of nitrogens with zero attached hydrogens (tertiary/aromatic N) is 3. The van der Waals surface area contributed by atoms with Gasteiger partial charge in [-0.1, -0.05) is 13.8 Å². The molecule has 1 rings (SSSR count). The molecule has 0 unspecified atom stereocenters. The molecule has 0 radical (unpaired) electrons. The molecule has 1 aromatic rings. The second kappa shape index (κ2) is 5.19. The van der Waals surface area contributed by atoms with Gasteiger partial charge in [-0.05, 0) is 12.3 Å². The molecule has 17 heavy (non-hydrogen) atoms. The standard InChI is InChI=1S/C10H16N4O2S/c1-8(2)4-5-17(15,16)13-10-9(6-11)7-14(3)12-10/h7-8H,4-5H2,1-3H3,(H,12,13). The summed E-state index contributed by atoms with van der Waals surface area (Å²) in [5.74, 6) is 0.441. The highest BCUT2D eigenvalue weighted by Gasteiger charge is 2.16. The Kier molecular flexibility index (Phi) is 4.12. The molecule has 94 valence electrons. The summed E-state index contributed by atoms with van der Waals surface area (Å²) in [5.41, 5.74) is 0.223. The molecule has 0 amide bonds. The molecule has 0 aromatic carbocycles. The van der Waals surface area contributed by atoms with E-state index in [0.29, 0.717) is 12.3 Å². The van der Waals surface area contributed by atoms with E-state index in [1.165, 1.54) is 10.9 Å². The molecule has 1 N–H and O–H groups in total. The number of sulfonamides is 1. The first kappa shape index (κ1) is 13.5. The van der Waals surface area contributed by atoms with Gasteiger partial charge < -0.3 is 0 Å². The van der Waals surface area contributed by atoms with Crippen molar-refractivity contribution in [2.24, 2.45) is 13.0 Å². The van der Waals surface area contributed by atoms with Crippen LogP contribution in [0.1, 0.15) is 25.8 Å². The summed E-state index contributed by atoms with van der Waals surface area (Å²) >= 11 is 0. The Hall–Kier alpha value is -1.55. The minimum absolute atomic E-state index is 0.0338. The quantitative estimate of drug-likeness (QED) is 0.853. The van der Waals surface area contributed by atoms with Crippen molar-refractivity contribution in [2.75, 3.05) is 10.5 Å². The SMILES string of the molecule is CC(C)CCS(=O)(=O)Nc1nn(C)cc1C#N. The molecule has 0 bridgehead atoms. The molecular weight excluding hydrogens is 240 g/mol. The Morgan fingerprint density at radius 2 is 2.24 bits per heavy atom. The number of nitriles is 1. The van der Waals surface area contributed by atoms with Gasteiger partial charge in [0.05, 0.1) is 5.75 Å². The van der Waals surface area contributed by atoms with Crippen LogP contribution in [0.2, 0.25) is 0 Å². The summed E-state index contributed by atoms with van der Waals surface area (Å²) in [5, 5.41) is 12.7. The smallest absolute Gasteiger partial charge is 0.233 e. The van der Waals surface area contributed by atoms with Crippen molar-refractivity contribution in [3.05, 3.63) is 11.8 Å². The average molecular weight is 256 g/mol. The number of aromatic nitrogens is 2. The lowest BCUT2D eigenvalue weighted by atomic mass is 10.2. The summed E-state index contributed by atoms with van der Waals surface area (Å²) in [4.78, 5) is 0. The van der Waals surface area contributed by atoms with E-state index >= 15 is 0 Å². The first-order valence-corrected chi connectivity index (χ1v) is 6.93. The summed E-state index contributed by atoms with van der Waals surface area (Å²) < 4.78 is 27.2. The van der Waals surface area contributed by atoms with Crippen LogP contribution in [0.15, 0.2) is 6.20 Å². The van der Waals surface area contributed by atoms with Gasteiger partial charge in [0.2, 0.25) is 10.0 Å². The van der Waals surface area contributed by atoms with Gasteiger partial charge in [0.25, 0.3) is 0 Å². The maximum absolute atomic E-state index is 11.7. The van der Waals surface area contributed by atoms with E-state index in [2.05, 4.69) is 9.82 Å². The summed E-state index contributed by atoms with van der Waals surface area (Å²) in [7, 11) is -1.79. The molecule has 0 fully saturated rings. The molecule has 1 heterocycles. The lowest BCUT2D eigenvalue weighted by Crippen LogP contribution is -2.18. The normalized spacial score (nSPS) is 11.5. The van der Waals surface area contributed by atoms with Gasteiger partial charge in [0.1, 0.15) is 11.6 Å². The molecular formula is C10H16N4O2S. The Bertz CT molecular complexity index is 525. The maximum atomic E-state index is 11.7. The van der Waals surface area contributed by atoms with Crippen LogP contribution in [0.5, 0.6) is 0 Å². The summed E-state index contributed by atoms with van der Waals surface area (Å²) in [6.07, 6.45) is 2.05. The minimum atomic E-state index is -3.43. The fourth-order valence-corrected chi connectivity index (χ4v) is 2.56. The molecule has 0 aliphatic rings. The minimum Gasteiger partial charge on any atom is -0.272 e. The van der Waals surface area contributed by atoms with E-state index in [-0.39, 0.29) is 17.1 Å². The molecule has 0 atom stereocenters. The Labute approximate surface area is 101 Å². The van der Waals surface area contributed by atoms with Crippen LogP contribution in [0, 0.1) is 17.2 Å². The van der Waals surface area contributed by atoms with Gasteiger partial charge in [0.15, 0.2) is 5.82 Å². The van der Waals surface area contributed by atoms with Crippen molar-refractivity contribution >= 4 is 15.8 Å². The number of nitrogens with one attached hydrogen (secondary N) is 1. The fraction of sp³-hybridized carbons (Fsp3) is 0.600. The third kappa shape index (κ3) is 4.07. The van der Waals surface area contributed by atoms with Gasteiger partial charge in [-0.15, -0.1) is 0 Å². The van der Waals surface area contributed by atoms with Crippen molar-refractivity contribution in [3.8, 4) is 6.07 Å². The molecule has 0 saturated carbocycles. The van der Waals surface area contributed by atoms with Crippen LogP contribution in [-0.4, -0.2) is 24.0 Å². The predicted octanol–water partition coefficient (Wildman–Crippen LogP) is 1.08. The molecule has 0 saturated heterocycles. The number of hydrogen-bond donors (Lipinski definition) is 1. The molecule has 0 aliphatic carbocycles. The summed E-state index contributed by atoms with van der Waals surface area (Å²) in [6.45, 7) is 3.91. The van der Waals surface area contributed by atoms with Crippen molar-refractivity contribution < 1.29 is 8.42 Å². The van der Waals surface area contributed by atoms with Crippen molar-refractivity contribution in [1.29, 1.82) is 5.26 Å². The van der Waals surface area contributed by atoms with E-state index in [4.69, 9.17) is 5.26 Å². The van der Waals surface area contributed by atoms with E-state index < -0.39 is 10.0 Å². The topological polar surface area (TPSA) is 87.8 Å². The first-order chi connectivity index (χ1) is 7.84. The zero-order valence-electron chi connectivity index (χ0n) is 10.1. The van der Waals surface area contributed by atoms with Gasteiger partial charge in [-0.3, -0.25) is 9.40 Å². The third-order valence-corrected chi connectivity index (χ3v) is 3.44. The molecule has 7 heteroatoms. The monoisotopic (exact) mass is 256 g/mol. The highest BCUT2D eigenvalue weighted by Crippen LogP contribution is 2.14. The van der Waals surface area contributed by atoms with E-state index in [1.54, 1.807) is 7.05 Å². The largest absolute Gasteiger partial charge is 0.272 e. The predicted molar refractivity (Wildman–Crippen MR) is 64.8 cm³/mol. The number of hydrogen-bond acceptors (Lipinski definition) is 4. The first-order valence-electron chi connectivity index (χ1n) is 5.28. The second-order valence-corrected chi connectivity index (χ2v) is 6.12. The van der Waals surface area contributed by atoms with Crippen LogP contribution in [0.25, 0.3) is 0 Å². The van der Waals surface area contributed by atoms with Gasteiger partial charge in [0, 0.05) is 13.2 Å². The van der Waals surface area contributed by atoms with Crippen molar-refractivity contribution in [2.45, 2.75) is 20.3 Å². The van der Waals surface area contributed by atoms with Crippen LogP contribution >= 0.6 is 0 Å². The summed E-state index contributed by atoms with van der Waals surface area (Å²) in [6, 6.07) is 1.89. The Morgan fingerprint density at radius 1 is 1.59 bits per heavy atom. The van der Waals surface area contributed by atoms with Crippen LogP contribution in [-0.2, 0) is 17.1 Å². The van der Waals surface area contributed by atoms with E-state index in [1.807, 2.05) is 19.9 Å². The van der Waals surface area contributed by atoms with Crippen LogP contribution in [0.4, 0.5) is 5.82 Å². The zero-order chi connectivity index (χ0) is 13.1. The maximum Gasteiger partial charge on any atom is 0.233 e. The van der Waals surface area contributed by atoms with E-state index in [0.717, 1.165) is 0 Å². The van der Waals surface area contributed by atoms with Crippen LogP contribution in [0.3, 0.4) is 0 Å². The lowest BCUT2D eigenvalue weighted by Gasteiger charge is -2.07. The van der Waals surface area contributed by atoms with Crippen LogP contribution < -0.4 is 4.72 Å². The fourth-order valence-electron chi connectivity index (χ4n) is 1.23. The second-order valence-electron chi connectivity index (χ2n) is 4.28. The third-order valence-electron chi connectivity index (χ3n) is 2.17. The zero-order valence-corrected chi connectivity index (χ0v) is 11.0. The number of anilines is 1. The molecule has 6 nitrogen and oxygen atoms in total. The van der Waals surface area contributed by atoms with Gasteiger partial charge in [-0.2, -0.15) is 10.4 Å². The highest BCUT2D eigenvalue weighted by atomic mass is 32.2. The van der Waals surface area contributed by atoms with Gasteiger partial charge in [-0.25, -0.2) is 8.42 Å². The lowest BCUT2D eigenvalue weighted by molar-refractivity contribution is 0.577. The highest BCUT2D eigenvalue weighted by molar-refractivity contribution is 7.92. The molecule has 0 spiro atoms. The van der Waals surface area contributed by atoms with Crippen molar-refractivity contribution in [3.63, 3.8) is 0 Å². The molecule has 0 aliphatic heterocycles. The Morgan fingerprint density at radius 3 is 2.76 bits per heavy atom. The van der Waals surface area contributed by atoms with Gasteiger partial charge >= 0.3 is 0 Å². The van der Waals surface area contributed by atoms with Crippen molar-refractivity contribution in [1.82, 2.24) is 9.78 Å². The number of rotatable bonds is 5. The number of aryl methyl sites for hydroxylation is 1. The Balaban J connectivity index is 2.80. The average Bonchev–Trinajstić information content (AvgIpc) is 2.55.